The Morgan fingerprint density at radius 2 is 1.94 bits per heavy atom. The summed E-state index contributed by atoms with van der Waals surface area (Å²) in [4.78, 5) is 27.2. The van der Waals surface area contributed by atoms with Crippen molar-refractivity contribution >= 4 is 33.8 Å². The van der Waals surface area contributed by atoms with Crippen LogP contribution in [-0.4, -0.2) is 56.6 Å². The largest absolute Gasteiger partial charge is 0.491 e. The molecule has 0 unspecified atom stereocenters. The number of nitrogens with one attached hydrogen (secondary N) is 2. The summed E-state index contributed by atoms with van der Waals surface area (Å²) in [6.45, 7) is 4.33. The molecule has 3 N–H and O–H groups in total. The molecule has 2 aromatic rings. The van der Waals surface area contributed by atoms with Crippen LogP contribution in [0.15, 0.2) is 36.5 Å². The molecule has 0 saturated heterocycles. The summed E-state index contributed by atoms with van der Waals surface area (Å²) in [6.07, 6.45) is 4.70. The number of pyridine rings is 1. The predicted molar refractivity (Wildman–Crippen MR) is 135 cm³/mol. The normalized spacial score (nSPS) is 11.3. The van der Waals surface area contributed by atoms with E-state index in [4.69, 9.17) is 19.3 Å². The number of benzene rings is 1. The molecular weight excluding hydrogens is 490 g/mol. The number of anilines is 1. The molecule has 0 radical (unpaired) electrons. The minimum absolute atomic E-state index is 0.125. The van der Waals surface area contributed by atoms with Crippen LogP contribution >= 0.6 is 0 Å². The summed E-state index contributed by atoms with van der Waals surface area (Å²) in [5, 5.41) is 11.1. The average Bonchev–Trinajstić information content (AvgIpc) is 2.80. The standard InChI is InChI=1S/C24H31N3O8S/c1-4-5-6-13-36(31,32)27-22(28)10-8-18-7-9-20(34-12-11-33-3)15-21(18)35-23-17(2)14-19(16-25-23)26-24(29)30/h7-10,14-16,26H,4-6,11-13H2,1-3H3,(H,27,28)(H,29,30)/b10-8+. The molecule has 11 nitrogen and oxygen atoms in total. The Morgan fingerprint density at radius 1 is 1.17 bits per heavy atom. The van der Waals surface area contributed by atoms with Crippen LogP contribution in [-0.2, 0) is 19.6 Å². The third-order valence-corrected chi connectivity index (χ3v) is 6.05. The molecule has 1 aromatic carbocycles. The van der Waals surface area contributed by atoms with E-state index in [1.165, 1.54) is 12.3 Å². The zero-order valence-electron chi connectivity index (χ0n) is 20.4. The van der Waals surface area contributed by atoms with Gasteiger partial charge < -0.3 is 19.3 Å². The highest BCUT2D eigenvalue weighted by Gasteiger charge is 2.14. The van der Waals surface area contributed by atoms with Crippen LogP contribution in [0, 0.1) is 6.92 Å². The molecule has 2 rings (SSSR count). The Morgan fingerprint density at radius 3 is 2.61 bits per heavy atom. The Labute approximate surface area is 210 Å². The van der Waals surface area contributed by atoms with Gasteiger partial charge in [-0.05, 0) is 37.6 Å². The Bertz CT molecular complexity index is 1180. The number of ether oxygens (including phenoxy) is 3. The fourth-order valence-electron chi connectivity index (χ4n) is 2.98. The van der Waals surface area contributed by atoms with Crippen molar-refractivity contribution in [2.45, 2.75) is 33.1 Å². The maximum Gasteiger partial charge on any atom is 0.409 e. The number of methoxy groups -OCH3 is 1. The Hall–Kier alpha value is -3.64. The van der Waals surface area contributed by atoms with Crippen molar-refractivity contribution in [1.82, 2.24) is 9.71 Å². The number of rotatable bonds is 14. The molecule has 0 fully saturated rings. The molecule has 1 heterocycles. The number of aryl methyl sites for hydroxylation is 1. The van der Waals surface area contributed by atoms with Gasteiger partial charge in [-0.1, -0.05) is 19.8 Å². The highest BCUT2D eigenvalue weighted by Crippen LogP contribution is 2.32. The van der Waals surface area contributed by atoms with E-state index in [9.17, 15) is 18.0 Å². The maximum atomic E-state index is 12.2. The molecule has 0 aliphatic rings. The van der Waals surface area contributed by atoms with Crippen LogP contribution in [0.4, 0.5) is 10.5 Å². The first kappa shape index (κ1) is 28.6. The molecule has 0 atom stereocenters. The second-order valence-electron chi connectivity index (χ2n) is 7.74. The topological polar surface area (TPSA) is 153 Å². The van der Waals surface area contributed by atoms with Gasteiger partial charge in [-0.3, -0.25) is 10.1 Å². The average molecular weight is 522 g/mol. The first-order chi connectivity index (χ1) is 17.1. The number of aromatic nitrogens is 1. The highest BCUT2D eigenvalue weighted by atomic mass is 32.2. The lowest BCUT2D eigenvalue weighted by molar-refractivity contribution is -0.114. The smallest absolute Gasteiger partial charge is 0.409 e. The fraction of sp³-hybridized carbons (Fsp3) is 0.375. The number of unbranched alkanes of at least 4 members (excludes halogenated alkanes) is 2. The van der Waals surface area contributed by atoms with E-state index in [0.29, 0.717) is 36.5 Å². The minimum atomic E-state index is -3.73. The van der Waals surface area contributed by atoms with Gasteiger partial charge in [-0.2, -0.15) is 0 Å². The summed E-state index contributed by atoms with van der Waals surface area (Å²) in [7, 11) is -2.17. The number of sulfonamides is 1. The van der Waals surface area contributed by atoms with E-state index in [1.54, 1.807) is 38.3 Å². The number of amides is 2. The van der Waals surface area contributed by atoms with Gasteiger partial charge in [-0.25, -0.2) is 22.9 Å². The fourth-order valence-corrected chi connectivity index (χ4v) is 4.05. The van der Waals surface area contributed by atoms with Crippen LogP contribution in [0.1, 0.15) is 37.3 Å². The molecule has 196 valence electrons. The van der Waals surface area contributed by atoms with Gasteiger partial charge >= 0.3 is 6.09 Å². The summed E-state index contributed by atoms with van der Waals surface area (Å²) < 4.78 is 42.7. The second kappa shape index (κ2) is 14.0. The molecule has 1 aromatic heterocycles. The van der Waals surface area contributed by atoms with Gasteiger partial charge in [0.15, 0.2) is 0 Å². The van der Waals surface area contributed by atoms with E-state index in [2.05, 4.69) is 10.3 Å². The van der Waals surface area contributed by atoms with Gasteiger partial charge in [0.25, 0.3) is 5.91 Å². The summed E-state index contributed by atoms with van der Waals surface area (Å²) in [6, 6.07) is 6.47. The van der Waals surface area contributed by atoms with Crippen molar-refractivity contribution in [2.24, 2.45) is 0 Å². The van der Waals surface area contributed by atoms with E-state index in [1.807, 2.05) is 11.6 Å². The number of nitrogens with zero attached hydrogens (tertiary/aromatic N) is 1. The van der Waals surface area contributed by atoms with Gasteiger partial charge in [0.1, 0.15) is 18.1 Å². The number of carbonyl (C=O) groups excluding carboxylic acids is 1. The lowest BCUT2D eigenvalue weighted by Gasteiger charge is -2.13. The third kappa shape index (κ3) is 9.92. The van der Waals surface area contributed by atoms with Crippen molar-refractivity contribution < 1.29 is 37.3 Å². The van der Waals surface area contributed by atoms with Gasteiger partial charge in [0, 0.05) is 30.4 Å². The van der Waals surface area contributed by atoms with Crippen molar-refractivity contribution in [3.8, 4) is 17.4 Å². The Balaban J connectivity index is 2.25. The first-order valence-corrected chi connectivity index (χ1v) is 12.9. The number of carboxylic acid groups (broad SMARTS) is 1. The van der Waals surface area contributed by atoms with Crippen LogP contribution in [0.25, 0.3) is 6.08 Å². The van der Waals surface area contributed by atoms with Crippen LogP contribution in [0.2, 0.25) is 0 Å². The van der Waals surface area contributed by atoms with Crippen molar-refractivity contribution in [2.75, 3.05) is 31.4 Å². The van der Waals surface area contributed by atoms with Crippen molar-refractivity contribution in [1.29, 1.82) is 0 Å². The van der Waals surface area contributed by atoms with Crippen LogP contribution in [0.5, 0.6) is 17.4 Å². The third-order valence-electron chi connectivity index (χ3n) is 4.72. The van der Waals surface area contributed by atoms with Crippen LogP contribution in [0.3, 0.4) is 0 Å². The number of hydrogen-bond acceptors (Lipinski definition) is 8. The molecule has 2 amide bonds. The van der Waals surface area contributed by atoms with E-state index < -0.39 is 22.0 Å². The molecule has 36 heavy (non-hydrogen) atoms. The van der Waals surface area contributed by atoms with Crippen LogP contribution < -0.4 is 19.5 Å². The maximum absolute atomic E-state index is 12.2. The monoisotopic (exact) mass is 521 g/mol. The molecule has 0 aliphatic heterocycles. The lowest BCUT2D eigenvalue weighted by Crippen LogP contribution is -2.31. The molecular formula is C24H31N3O8S. The zero-order valence-corrected chi connectivity index (χ0v) is 21.3. The van der Waals surface area contributed by atoms with E-state index >= 15 is 0 Å². The first-order valence-electron chi connectivity index (χ1n) is 11.3. The zero-order chi connectivity index (χ0) is 26.6. The molecule has 12 heteroatoms. The lowest BCUT2D eigenvalue weighted by atomic mass is 10.1. The minimum Gasteiger partial charge on any atom is -0.491 e. The van der Waals surface area contributed by atoms with Crippen molar-refractivity contribution in [3.63, 3.8) is 0 Å². The number of hydrogen-bond donors (Lipinski definition) is 3. The van der Waals surface area contributed by atoms with Gasteiger partial charge in [-0.15, -0.1) is 0 Å². The molecule has 0 aliphatic carbocycles. The Kier molecular flexibility index (Phi) is 11.2. The molecule has 0 spiro atoms. The van der Waals surface area contributed by atoms with Gasteiger partial charge in [0.2, 0.25) is 15.9 Å². The van der Waals surface area contributed by atoms with Crippen molar-refractivity contribution in [3.05, 3.63) is 47.7 Å². The SMILES string of the molecule is CCCCCS(=O)(=O)NC(=O)/C=C/c1ccc(OCCOC)cc1Oc1ncc(NC(=O)O)cc1C. The predicted octanol–water partition coefficient (Wildman–Crippen LogP) is 3.95. The van der Waals surface area contributed by atoms with E-state index in [0.717, 1.165) is 18.9 Å². The quantitative estimate of drug-likeness (QED) is 0.248. The summed E-state index contributed by atoms with van der Waals surface area (Å²) >= 11 is 0. The summed E-state index contributed by atoms with van der Waals surface area (Å²) in [5.41, 5.74) is 1.29. The summed E-state index contributed by atoms with van der Waals surface area (Å²) in [5.74, 6) is 0.0621. The second-order valence-corrected chi connectivity index (χ2v) is 9.59. The highest BCUT2D eigenvalue weighted by molar-refractivity contribution is 7.90. The molecule has 0 bridgehead atoms. The van der Waals surface area contributed by atoms with E-state index in [-0.39, 0.29) is 23.1 Å². The number of carbonyl (C=O) groups is 2. The molecule has 0 saturated carbocycles. The van der Waals surface area contributed by atoms with Gasteiger partial charge in [0.05, 0.1) is 24.2 Å².